The molecule has 0 aliphatic rings. The van der Waals surface area contributed by atoms with Gasteiger partial charge < -0.3 is 0 Å². The topological polar surface area (TPSA) is 47.0 Å². The molecule has 7 heteroatoms. The number of pyridine rings is 1. The second kappa shape index (κ2) is 4.90. The van der Waals surface area contributed by atoms with Crippen LogP contribution in [0.4, 0.5) is 13.2 Å². The minimum absolute atomic E-state index is 0.0544. The summed E-state index contributed by atoms with van der Waals surface area (Å²) in [4.78, 5) is 3.41. The third kappa shape index (κ3) is 2.98. The number of benzene rings is 1. The summed E-state index contributed by atoms with van der Waals surface area (Å²) in [6.45, 7) is 0. The van der Waals surface area contributed by atoms with Crippen molar-refractivity contribution in [2.75, 3.05) is 6.26 Å². The second-order valence-electron chi connectivity index (χ2n) is 4.19. The van der Waals surface area contributed by atoms with Gasteiger partial charge in [0.15, 0.2) is 15.5 Å². The molecule has 0 atom stereocenters. The standard InChI is InChI=1S/C13H10F3NO2S/c1-20(18,19)10-6-4-9(5-7-10)11-3-2-8-17-12(11)13(14,15)16/h2-8H,1H3. The van der Waals surface area contributed by atoms with E-state index in [9.17, 15) is 21.6 Å². The van der Waals surface area contributed by atoms with Gasteiger partial charge in [-0.05, 0) is 23.8 Å². The molecule has 0 fully saturated rings. The lowest BCUT2D eigenvalue weighted by Gasteiger charge is -2.11. The highest BCUT2D eigenvalue weighted by molar-refractivity contribution is 7.90. The minimum atomic E-state index is -4.56. The number of aromatic nitrogens is 1. The Morgan fingerprint density at radius 3 is 2.15 bits per heavy atom. The Morgan fingerprint density at radius 1 is 1.05 bits per heavy atom. The van der Waals surface area contributed by atoms with Gasteiger partial charge in [0.2, 0.25) is 0 Å². The van der Waals surface area contributed by atoms with Gasteiger partial charge in [-0.2, -0.15) is 13.2 Å². The number of nitrogens with zero attached hydrogens (tertiary/aromatic N) is 1. The molecule has 0 aliphatic carbocycles. The molecular weight excluding hydrogens is 291 g/mol. The predicted molar refractivity (Wildman–Crippen MR) is 67.8 cm³/mol. The Labute approximate surface area is 114 Å². The summed E-state index contributed by atoms with van der Waals surface area (Å²) in [5.74, 6) is 0. The van der Waals surface area contributed by atoms with E-state index >= 15 is 0 Å². The molecule has 20 heavy (non-hydrogen) atoms. The molecule has 3 nitrogen and oxygen atoms in total. The lowest BCUT2D eigenvalue weighted by molar-refractivity contribution is -0.140. The number of sulfone groups is 1. The molecule has 0 aliphatic heterocycles. The fourth-order valence-corrected chi connectivity index (χ4v) is 2.38. The van der Waals surface area contributed by atoms with Crippen molar-refractivity contribution in [1.29, 1.82) is 0 Å². The normalized spacial score (nSPS) is 12.4. The third-order valence-electron chi connectivity index (χ3n) is 2.67. The highest BCUT2D eigenvalue weighted by Crippen LogP contribution is 2.35. The molecule has 0 saturated carbocycles. The first kappa shape index (κ1) is 14.5. The van der Waals surface area contributed by atoms with Crippen LogP contribution in [-0.4, -0.2) is 19.7 Å². The largest absolute Gasteiger partial charge is 0.433 e. The van der Waals surface area contributed by atoms with Crippen LogP contribution in [0.25, 0.3) is 11.1 Å². The van der Waals surface area contributed by atoms with Gasteiger partial charge in [-0.25, -0.2) is 8.42 Å². The van der Waals surface area contributed by atoms with Gasteiger partial charge in [-0.15, -0.1) is 0 Å². The van der Waals surface area contributed by atoms with Gasteiger partial charge in [-0.3, -0.25) is 4.98 Å². The summed E-state index contributed by atoms with van der Waals surface area (Å²) < 4.78 is 61.2. The lowest BCUT2D eigenvalue weighted by Crippen LogP contribution is -2.09. The molecule has 106 valence electrons. The number of alkyl halides is 3. The summed E-state index contributed by atoms with van der Waals surface area (Å²) in [7, 11) is -3.38. The zero-order chi connectivity index (χ0) is 15.0. The Hall–Kier alpha value is -1.89. The quantitative estimate of drug-likeness (QED) is 0.856. The minimum Gasteiger partial charge on any atom is -0.251 e. The molecule has 0 radical (unpaired) electrons. The number of hydrogen-bond donors (Lipinski definition) is 0. The lowest BCUT2D eigenvalue weighted by atomic mass is 10.0. The molecule has 2 aromatic rings. The maximum Gasteiger partial charge on any atom is 0.433 e. The van der Waals surface area contributed by atoms with Gasteiger partial charge in [0, 0.05) is 18.0 Å². The molecule has 0 spiro atoms. The summed E-state index contributed by atoms with van der Waals surface area (Å²) in [5.41, 5.74) is -0.815. The van der Waals surface area contributed by atoms with Gasteiger partial charge in [0.25, 0.3) is 0 Å². The first-order valence-corrected chi connectivity index (χ1v) is 7.41. The van der Waals surface area contributed by atoms with Crippen molar-refractivity contribution in [3.05, 3.63) is 48.3 Å². The number of rotatable bonds is 2. The summed E-state index contributed by atoms with van der Waals surface area (Å²) in [6, 6.07) is 7.92. The summed E-state index contributed by atoms with van der Waals surface area (Å²) >= 11 is 0. The van der Waals surface area contributed by atoms with Crippen molar-refractivity contribution in [3.8, 4) is 11.1 Å². The maximum absolute atomic E-state index is 12.8. The molecule has 1 heterocycles. The monoisotopic (exact) mass is 301 g/mol. The second-order valence-corrected chi connectivity index (χ2v) is 6.21. The van der Waals surface area contributed by atoms with E-state index in [4.69, 9.17) is 0 Å². The van der Waals surface area contributed by atoms with E-state index in [2.05, 4.69) is 4.98 Å². The van der Waals surface area contributed by atoms with Crippen molar-refractivity contribution in [3.63, 3.8) is 0 Å². The predicted octanol–water partition coefficient (Wildman–Crippen LogP) is 3.17. The van der Waals surface area contributed by atoms with E-state index in [-0.39, 0.29) is 16.0 Å². The van der Waals surface area contributed by atoms with Gasteiger partial charge in [-0.1, -0.05) is 18.2 Å². The van der Waals surface area contributed by atoms with E-state index in [0.717, 1.165) is 12.5 Å². The molecule has 0 unspecified atom stereocenters. The van der Waals surface area contributed by atoms with Gasteiger partial charge >= 0.3 is 6.18 Å². The summed E-state index contributed by atoms with van der Waals surface area (Å²) in [6.07, 6.45) is -2.46. The van der Waals surface area contributed by atoms with Crippen LogP contribution in [-0.2, 0) is 16.0 Å². The molecule has 0 saturated heterocycles. The molecule has 0 bridgehead atoms. The van der Waals surface area contributed by atoms with Crippen molar-refractivity contribution in [1.82, 2.24) is 4.98 Å². The Kier molecular flexibility index (Phi) is 3.56. The first-order chi connectivity index (χ1) is 9.19. The van der Waals surface area contributed by atoms with E-state index < -0.39 is 21.7 Å². The first-order valence-electron chi connectivity index (χ1n) is 5.52. The van der Waals surface area contributed by atoms with Crippen molar-refractivity contribution in [2.45, 2.75) is 11.1 Å². The fourth-order valence-electron chi connectivity index (χ4n) is 1.75. The van der Waals surface area contributed by atoms with Crippen molar-refractivity contribution < 1.29 is 21.6 Å². The van der Waals surface area contributed by atoms with Crippen molar-refractivity contribution >= 4 is 9.84 Å². The van der Waals surface area contributed by atoms with Crippen LogP contribution in [0.3, 0.4) is 0 Å². The Balaban J connectivity index is 2.53. The molecular formula is C13H10F3NO2S. The van der Waals surface area contributed by atoms with Crippen LogP contribution in [0.2, 0.25) is 0 Å². The molecule has 0 N–H and O–H groups in total. The zero-order valence-corrected chi connectivity index (χ0v) is 11.2. The van der Waals surface area contributed by atoms with Crippen LogP contribution >= 0.6 is 0 Å². The number of hydrogen-bond acceptors (Lipinski definition) is 3. The average Bonchev–Trinajstić information content (AvgIpc) is 2.37. The van der Waals surface area contributed by atoms with Crippen LogP contribution in [0.1, 0.15) is 5.69 Å². The van der Waals surface area contributed by atoms with Crippen LogP contribution < -0.4 is 0 Å². The van der Waals surface area contributed by atoms with Crippen LogP contribution in [0, 0.1) is 0 Å². The smallest absolute Gasteiger partial charge is 0.251 e. The molecule has 2 rings (SSSR count). The van der Waals surface area contributed by atoms with E-state index in [0.29, 0.717) is 0 Å². The number of halogens is 3. The van der Waals surface area contributed by atoms with E-state index in [1.807, 2.05) is 0 Å². The fraction of sp³-hybridized carbons (Fsp3) is 0.154. The maximum atomic E-state index is 12.8. The van der Waals surface area contributed by atoms with Gasteiger partial charge in [0.05, 0.1) is 4.90 Å². The van der Waals surface area contributed by atoms with Crippen molar-refractivity contribution in [2.24, 2.45) is 0 Å². The van der Waals surface area contributed by atoms with E-state index in [1.54, 1.807) is 0 Å². The van der Waals surface area contributed by atoms with Crippen LogP contribution in [0.15, 0.2) is 47.5 Å². The summed E-state index contributed by atoms with van der Waals surface area (Å²) in [5, 5.41) is 0. The average molecular weight is 301 g/mol. The molecule has 0 amide bonds. The Bertz CT molecular complexity index is 722. The highest BCUT2D eigenvalue weighted by atomic mass is 32.2. The van der Waals surface area contributed by atoms with Gasteiger partial charge in [0.1, 0.15) is 0 Å². The zero-order valence-electron chi connectivity index (χ0n) is 10.3. The molecule has 1 aromatic carbocycles. The highest BCUT2D eigenvalue weighted by Gasteiger charge is 2.35. The van der Waals surface area contributed by atoms with E-state index in [1.165, 1.54) is 36.4 Å². The SMILES string of the molecule is CS(=O)(=O)c1ccc(-c2cccnc2C(F)(F)F)cc1. The molecule has 1 aromatic heterocycles. The van der Waals surface area contributed by atoms with Crippen LogP contribution in [0.5, 0.6) is 0 Å². The Morgan fingerprint density at radius 2 is 1.65 bits per heavy atom. The third-order valence-corrected chi connectivity index (χ3v) is 3.80.